The summed E-state index contributed by atoms with van der Waals surface area (Å²) in [6, 6.07) is 7.15. The van der Waals surface area contributed by atoms with Gasteiger partial charge in [0.1, 0.15) is 11.8 Å². The van der Waals surface area contributed by atoms with Crippen molar-refractivity contribution >= 4 is 35.3 Å². The van der Waals surface area contributed by atoms with Gasteiger partial charge < -0.3 is 28.9 Å². The minimum Gasteiger partial charge on any atom is -0.497 e. The van der Waals surface area contributed by atoms with Crippen LogP contribution in [0, 0.1) is 0 Å². The summed E-state index contributed by atoms with van der Waals surface area (Å²) in [5.74, 6) is -0.143. The molecule has 1 aromatic carbocycles. The van der Waals surface area contributed by atoms with E-state index in [4.69, 9.17) is 14.2 Å². The lowest BCUT2D eigenvalue weighted by Gasteiger charge is -2.34. The molecule has 1 amide bonds. The van der Waals surface area contributed by atoms with Gasteiger partial charge in [0.25, 0.3) is 5.91 Å². The predicted molar refractivity (Wildman–Crippen MR) is 112 cm³/mol. The molecule has 0 unspecified atom stereocenters. The first-order chi connectivity index (χ1) is 14.5. The smallest absolute Gasteiger partial charge is 0.339 e. The molecular weight excluding hydrogens is 410 g/mol. The second kappa shape index (κ2) is 10.0. The third-order valence-electron chi connectivity index (χ3n) is 5.47. The SMILES string of the molecule is COC(=O)[C@H]1CS[C@H](C(=O)OC)N1C(=O)C[NH+]1CCN(c2ccc(OC)cc2)CC1. The molecule has 0 spiro atoms. The van der Waals surface area contributed by atoms with Gasteiger partial charge >= 0.3 is 11.9 Å². The fourth-order valence-corrected chi connectivity index (χ4v) is 5.09. The highest BCUT2D eigenvalue weighted by atomic mass is 32.2. The Morgan fingerprint density at radius 3 is 2.23 bits per heavy atom. The van der Waals surface area contributed by atoms with Crippen molar-refractivity contribution in [3.05, 3.63) is 24.3 Å². The van der Waals surface area contributed by atoms with Gasteiger partial charge in [0.15, 0.2) is 11.9 Å². The summed E-state index contributed by atoms with van der Waals surface area (Å²) in [5, 5.41) is -0.813. The number of piperazine rings is 1. The maximum absolute atomic E-state index is 13.0. The molecule has 2 saturated heterocycles. The van der Waals surface area contributed by atoms with E-state index in [2.05, 4.69) is 4.90 Å². The number of carbonyl (C=O) groups excluding carboxylic acids is 3. The van der Waals surface area contributed by atoms with Gasteiger partial charge in [-0.15, -0.1) is 11.8 Å². The number of carbonyl (C=O) groups is 3. The molecule has 2 aliphatic rings. The van der Waals surface area contributed by atoms with Gasteiger partial charge in [0.2, 0.25) is 0 Å². The van der Waals surface area contributed by atoms with Crippen LogP contribution in [0.4, 0.5) is 5.69 Å². The second-order valence-corrected chi connectivity index (χ2v) is 8.27. The molecule has 10 heteroatoms. The summed E-state index contributed by atoms with van der Waals surface area (Å²) >= 11 is 1.23. The van der Waals surface area contributed by atoms with Crippen molar-refractivity contribution in [3.63, 3.8) is 0 Å². The Labute approximate surface area is 180 Å². The molecule has 0 saturated carbocycles. The minimum atomic E-state index is -0.813. The van der Waals surface area contributed by atoms with Gasteiger partial charge in [0, 0.05) is 11.4 Å². The third kappa shape index (κ3) is 4.81. The van der Waals surface area contributed by atoms with Gasteiger partial charge in [0.05, 0.1) is 47.5 Å². The van der Waals surface area contributed by atoms with Crippen LogP contribution >= 0.6 is 11.8 Å². The van der Waals surface area contributed by atoms with Crippen molar-refractivity contribution in [2.75, 3.05) is 64.7 Å². The van der Waals surface area contributed by atoms with Crippen molar-refractivity contribution in [2.24, 2.45) is 0 Å². The second-order valence-electron chi connectivity index (χ2n) is 7.16. The number of benzene rings is 1. The van der Waals surface area contributed by atoms with E-state index in [-0.39, 0.29) is 12.5 Å². The summed E-state index contributed by atoms with van der Waals surface area (Å²) in [6.45, 7) is 3.40. The average molecular weight is 439 g/mol. The van der Waals surface area contributed by atoms with Crippen molar-refractivity contribution in [1.29, 1.82) is 0 Å². The van der Waals surface area contributed by atoms with Gasteiger partial charge in [-0.05, 0) is 24.3 Å². The Bertz CT molecular complexity index is 742. The highest BCUT2D eigenvalue weighted by Crippen LogP contribution is 2.30. The van der Waals surface area contributed by atoms with E-state index in [1.54, 1.807) is 7.11 Å². The summed E-state index contributed by atoms with van der Waals surface area (Å²) in [7, 11) is 4.20. The number of esters is 2. The molecule has 0 aliphatic carbocycles. The summed E-state index contributed by atoms with van der Waals surface area (Å²) in [5.41, 5.74) is 1.12. The molecule has 0 bridgehead atoms. The molecule has 2 aliphatic heterocycles. The van der Waals surface area contributed by atoms with Crippen molar-refractivity contribution < 1.29 is 33.5 Å². The molecule has 2 fully saturated rings. The number of nitrogens with one attached hydrogen (secondary N) is 1. The minimum absolute atomic E-state index is 0.220. The maximum atomic E-state index is 13.0. The molecule has 0 aromatic heterocycles. The van der Waals surface area contributed by atoms with Crippen LogP contribution in [0.3, 0.4) is 0 Å². The highest BCUT2D eigenvalue weighted by molar-refractivity contribution is 8.00. The average Bonchev–Trinajstić information content (AvgIpc) is 3.24. The van der Waals surface area contributed by atoms with Crippen LogP contribution in [0.2, 0.25) is 0 Å². The standard InChI is InChI=1S/C20H27N3O6S/c1-27-15-6-4-14(5-7-15)22-10-8-21(9-11-22)12-17(24)23-16(19(25)28-2)13-30-18(23)20(26)29-3/h4-7,16,18H,8-13H2,1-3H3/p+1/t16-,18-/m1/s1. The van der Waals surface area contributed by atoms with Crippen LogP contribution in [0.25, 0.3) is 0 Å². The zero-order chi connectivity index (χ0) is 21.7. The molecule has 164 valence electrons. The van der Waals surface area contributed by atoms with Crippen LogP contribution in [0.1, 0.15) is 0 Å². The number of amides is 1. The highest BCUT2D eigenvalue weighted by Gasteiger charge is 2.47. The topological polar surface area (TPSA) is 89.8 Å². The number of thioether (sulfide) groups is 1. The summed E-state index contributed by atoms with van der Waals surface area (Å²) in [4.78, 5) is 42.0. The molecule has 30 heavy (non-hydrogen) atoms. The lowest BCUT2D eigenvalue weighted by Crippen LogP contribution is -3.16. The fraction of sp³-hybridized carbons (Fsp3) is 0.550. The summed E-state index contributed by atoms with van der Waals surface area (Å²) in [6.07, 6.45) is 0. The van der Waals surface area contributed by atoms with E-state index in [9.17, 15) is 14.4 Å². The van der Waals surface area contributed by atoms with Gasteiger partial charge in [-0.3, -0.25) is 4.79 Å². The van der Waals surface area contributed by atoms with Crippen LogP contribution in [0.5, 0.6) is 5.75 Å². The van der Waals surface area contributed by atoms with Crippen LogP contribution < -0.4 is 14.5 Å². The van der Waals surface area contributed by atoms with E-state index in [0.29, 0.717) is 5.75 Å². The largest absolute Gasteiger partial charge is 0.497 e. The van der Waals surface area contributed by atoms with Crippen molar-refractivity contribution in [2.45, 2.75) is 11.4 Å². The van der Waals surface area contributed by atoms with Crippen molar-refractivity contribution in [3.8, 4) is 5.75 Å². The quantitative estimate of drug-likeness (QED) is 0.567. The molecule has 2 atom stereocenters. The number of anilines is 1. The molecule has 0 radical (unpaired) electrons. The van der Waals surface area contributed by atoms with Crippen LogP contribution in [-0.4, -0.2) is 94.0 Å². The van der Waals surface area contributed by atoms with Gasteiger partial charge in [-0.1, -0.05) is 0 Å². The number of quaternary nitrogens is 1. The van der Waals surface area contributed by atoms with E-state index < -0.39 is 23.4 Å². The molecule has 1 aromatic rings. The maximum Gasteiger partial charge on any atom is 0.339 e. The lowest BCUT2D eigenvalue weighted by molar-refractivity contribution is -0.892. The van der Waals surface area contributed by atoms with Crippen LogP contribution in [0.15, 0.2) is 24.3 Å². The Morgan fingerprint density at radius 1 is 1.03 bits per heavy atom. The number of hydrogen-bond donors (Lipinski definition) is 1. The molecular formula is C20H28N3O6S+. The monoisotopic (exact) mass is 438 g/mol. The van der Waals surface area contributed by atoms with Gasteiger partial charge in [-0.2, -0.15) is 0 Å². The number of rotatable bonds is 6. The first-order valence-corrected chi connectivity index (χ1v) is 10.8. The Hall–Kier alpha value is -2.46. The molecule has 2 heterocycles. The van der Waals surface area contributed by atoms with Gasteiger partial charge in [-0.25, -0.2) is 9.59 Å². The normalized spacial score (nSPS) is 22.0. The van der Waals surface area contributed by atoms with Crippen molar-refractivity contribution in [1.82, 2.24) is 4.90 Å². The number of ether oxygens (including phenoxy) is 3. The fourth-order valence-electron chi connectivity index (χ4n) is 3.77. The zero-order valence-corrected chi connectivity index (χ0v) is 18.3. The number of methoxy groups -OCH3 is 3. The van der Waals surface area contributed by atoms with E-state index >= 15 is 0 Å². The number of hydrogen-bond acceptors (Lipinski definition) is 8. The van der Waals surface area contributed by atoms with E-state index in [1.165, 1.54) is 30.9 Å². The molecule has 9 nitrogen and oxygen atoms in total. The predicted octanol–water partition coefficient (Wildman–Crippen LogP) is -0.984. The number of nitrogens with zero attached hydrogens (tertiary/aromatic N) is 2. The first-order valence-electron chi connectivity index (χ1n) is 9.79. The molecule has 1 N–H and O–H groups in total. The third-order valence-corrected chi connectivity index (χ3v) is 6.72. The molecule has 3 rings (SSSR count). The van der Waals surface area contributed by atoms with E-state index in [0.717, 1.165) is 42.5 Å². The Morgan fingerprint density at radius 2 is 1.67 bits per heavy atom. The zero-order valence-electron chi connectivity index (χ0n) is 17.5. The van der Waals surface area contributed by atoms with Crippen LogP contribution in [-0.2, 0) is 23.9 Å². The Balaban J connectivity index is 1.60. The summed E-state index contributed by atoms with van der Waals surface area (Å²) < 4.78 is 14.8. The first kappa shape index (κ1) is 22.2. The lowest BCUT2D eigenvalue weighted by atomic mass is 10.2. The van der Waals surface area contributed by atoms with E-state index in [1.807, 2.05) is 24.3 Å². The Kier molecular flexibility index (Phi) is 7.43.